The van der Waals surface area contributed by atoms with E-state index in [1.54, 1.807) is 0 Å². The molecule has 5 N–H and O–H groups in total. The Morgan fingerprint density at radius 2 is 1.04 bits per heavy atom. The maximum Gasteiger partial charge on any atom is 1.00 e. The number of aliphatic carboxylic acids is 2. The van der Waals surface area contributed by atoms with Crippen LogP contribution in [-0.2, 0) is 43.2 Å². The van der Waals surface area contributed by atoms with Crippen molar-refractivity contribution in [2.24, 2.45) is 17.6 Å². The first-order valence-corrected chi connectivity index (χ1v) is 18.5. The zero-order valence-corrected chi connectivity index (χ0v) is 33.7. The van der Waals surface area contributed by atoms with Gasteiger partial charge in [0.25, 0.3) is 0 Å². The molecular formula is C36H63BN2NaO11. The summed E-state index contributed by atoms with van der Waals surface area (Å²) in [7, 11) is 4.32. The number of Topliss-reactive ketones (excluding diaryl/α,β-unsaturated/α-hetero) is 1. The molecule has 4 fully saturated rings. The molecule has 13 nitrogen and oxygen atoms in total. The molecule has 0 aromatic rings. The van der Waals surface area contributed by atoms with Crippen LogP contribution in [0.1, 0.15) is 162 Å². The van der Waals surface area contributed by atoms with Crippen molar-refractivity contribution in [2.75, 3.05) is 0 Å². The molecule has 4 rings (SSSR count). The smallest absolute Gasteiger partial charge is 0.793 e. The van der Waals surface area contributed by atoms with Crippen LogP contribution in [0.5, 0.6) is 0 Å². The van der Waals surface area contributed by atoms with Gasteiger partial charge in [-0.2, -0.15) is 0 Å². The van der Waals surface area contributed by atoms with Gasteiger partial charge in [0.05, 0.1) is 0 Å². The van der Waals surface area contributed by atoms with E-state index in [1.807, 2.05) is 0 Å². The van der Waals surface area contributed by atoms with Crippen molar-refractivity contribution in [3.8, 4) is 0 Å². The minimum atomic E-state index is -0.861. The summed E-state index contributed by atoms with van der Waals surface area (Å²) in [6, 6.07) is -0.507. The van der Waals surface area contributed by atoms with E-state index in [2.05, 4.69) is 27.8 Å². The predicted octanol–water partition coefficient (Wildman–Crippen LogP) is 2.89. The molecule has 0 amide bonds. The fourth-order valence-corrected chi connectivity index (χ4v) is 6.50. The van der Waals surface area contributed by atoms with Gasteiger partial charge in [0.15, 0.2) is 0 Å². The predicted molar refractivity (Wildman–Crippen MR) is 189 cm³/mol. The molecule has 0 aliphatic heterocycles. The Kier molecular flexibility index (Phi) is 32.7. The maximum atomic E-state index is 11.4. The van der Waals surface area contributed by atoms with Gasteiger partial charge in [0.2, 0.25) is 5.97 Å². The van der Waals surface area contributed by atoms with E-state index in [4.69, 9.17) is 10.8 Å². The Morgan fingerprint density at radius 1 is 0.667 bits per heavy atom. The number of carbonyl (C=O) groups excluding carboxylic acids is 4. The second-order valence-corrected chi connectivity index (χ2v) is 13.7. The van der Waals surface area contributed by atoms with E-state index in [9.17, 15) is 33.9 Å². The molecule has 0 saturated heterocycles. The normalized spacial score (nSPS) is 19.0. The van der Waals surface area contributed by atoms with Crippen LogP contribution in [0.4, 0.5) is 0 Å². The molecule has 0 unspecified atom stereocenters. The summed E-state index contributed by atoms with van der Waals surface area (Å²) in [5.74, 6) is -1.59. The van der Waals surface area contributed by atoms with Crippen LogP contribution in [0.3, 0.4) is 0 Å². The summed E-state index contributed by atoms with van der Waals surface area (Å²) in [5, 5.41) is 21.4. The van der Waals surface area contributed by atoms with Gasteiger partial charge in [0, 0.05) is 39.7 Å². The van der Waals surface area contributed by atoms with E-state index in [-0.39, 0.29) is 35.6 Å². The van der Waals surface area contributed by atoms with Gasteiger partial charge >= 0.3 is 53.4 Å². The number of rotatable bonds is 8. The fraction of sp³-hybridized carbons (Fsp3) is 0.833. The van der Waals surface area contributed by atoms with E-state index < -0.39 is 35.9 Å². The molecular weight excluding hydrogens is 670 g/mol. The molecule has 0 heterocycles. The zero-order chi connectivity index (χ0) is 37.7. The monoisotopic (exact) mass is 733 g/mol. The number of nitrogens with one attached hydrogen (secondary N) is 1. The third kappa shape index (κ3) is 31.3. The van der Waals surface area contributed by atoms with E-state index in [0.717, 1.165) is 58.8 Å². The van der Waals surface area contributed by atoms with Crippen molar-refractivity contribution >= 4 is 43.7 Å². The molecule has 287 valence electrons. The van der Waals surface area contributed by atoms with Crippen molar-refractivity contribution in [3.05, 3.63) is 0 Å². The molecule has 0 bridgehead atoms. The molecule has 4 aliphatic rings. The molecule has 4 saturated carbocycles. The number of carboxylic acids is 2. The Labute approximate surface area is 328 Å². The van der Waals surface area contributed by atoms with E-state index >= 15 is 0 Å². The molecule has 2 atom stereocenters. The van der Waals surface area contributed by atoms with Gasteiger partial charge in [0.1, 0.15) is 17.9 Å². The first-order chi connectivity index (χ1) is 23.7. The van der Waals surface area contributed by atoms with Crippen LogP contribution < -0.4 is 40.6 Å². The fourth-order valence-electron chi connectivity index (χ4n) is 6.50. The summed E-state index contributed by atoms with van der Waals surface area (Å²) < 4.78 is 3.61. The van der Waals surface area contributed by atoms with Crippen LogP contribution in [0, 0.1) is 11.8 Å². The minimum Gasteiger partial charge on any atom is -0.793 e. The average Bonchev–Trinajstić information content (AvgIpc) is 3.10. The summed E-state index contributed by atoms with van der Waals surface area (Å²) in [6.07, 6.45) is 25.4. The third-order valence-corrected chi connectivity index (χ3v) is 9.12. The van der Waals surface area contributed by atoms with Crippen LogP contribution in [0.2, 0.25) is 0 Å². The van der Waals surface area contributed by atoms with Gasteiger partial charge in [-0.1, -0.05) is 89.9 Å². The van der Waals surface area contributed by atoms with Crippen LogP contribution in [0.15, 0.2) is 0 Å². The maximum absolute atomic E-state index is 11.4. The van der Waals surface area contributed by atoms with Crippen LogP contribution >= 0.6 is 0 Å². The van der Waals surface area contributed by atoms with Gasteiger partial charge < -0.3 is 34.0 Å². The Morgan fingerprint density at radius 3 is 1.35 bits per heavy atom. The van der Waals surface area contributed by atoms with E-state index in [1.165, 1.54) is 96.8 Å². The Bertz CT molecular complexity index is 944. The van der Waals surface area contributed by atoms with Gasteiger partial charge in [-0.3, -0.25) is 19.2 Å². The Hall–Kier alpha value is -2.00. The van der Waals surface area contributed by atoms with E-state index in [0.29, 0.717) is 30.1 Å². The van der Waals surface area contributed by atoms with Crippen molar-refractivity contribution in [1.29, 1.82) is 0 Å². The quantitative estimate of drug-likeness (QED) is 0.161. The SMILES string of the molecule is CC(=O)OOC(C)=O.N[C@H](CC1CCCCC1)C(=O)O.O=C(O)[C@@H](CC1CCCCC1)NC1CCCCC1.O=C1CCCCC1.[B-]OC(C)=O.[Na+]. The number of nitrogens with two attached hydrogens (primary N) is 1. The number of carbonyl (C=O) groups is 6. The molecule has 0 spiro atoms. The van der Waals surface area contributed by atoms with Crippen molar-refractivity contribution in [2.45, 2.75) is 180 Å². The summed E-state index contributed by atoms with van der Waals surface area (Å²) in [5.41, 5.74) is 5.45. The van der Waals surface area contributed by atoms with Gasteiger partial charge in [-0.05, 0) is 50.4 Å². The summed E-state index contributed by atoms with van der Waals surface area (Å²) in [6.45, 7) is 3.52. The van der Waals surface area contributed by atoms with Crippen LogP contribution in [0.25, 0.3) is 0 Å². The largest absolute Gasteiger partial charge is 1.00 e. The third-order valence-electron chi connectivity index (χ3n) is 9.12. The van der Waals surface area contributed by atoms with Gasteiger partial charge in [-0.15, -0.1) is 0 Å². The van der Waals surface area contributed by atoms with Crippen LogP contribution in [-0.4, -0.2) is 72.0 Å². The first kappa shape index (κ1) is 51.1. The summed E-state index contributed by atoms with van der Waals surface area (Å²) in [4.78, 5) is 69.1. The summed E-state index contributed by atoms with van der Waals surface area (Å²) >= 11 is 0. The van der Waals surface area contributed by atoms with Crippen molar-refractivity contribution in [1.82, 2.24) is 5.32 Å². The standard InChI is InChI=1S/C15H27NO2.C9H17NO2.C6H10O.C4H6O4.C2H3BO2.Na/c17-15(18)14(11-12-7-3-1-4-8-12)16-13-9-5-2-6-10-13;10-8(9(11)12)6-7-4-2-1-3-5-7;7-6-4-2-1-3-5-6;1-3(5)7-8-4(2)6;1-2(4)5-3;/h12-14,16H,1-11H2,(H,17,18);7-8H,1-6,10H2,(H,11,12);1-5H2;1-2H3;1H3;/q;;;;-1;+1/t14-;8-;;;;/m11..../s1. The van der Waals surface area contributed by atoms with Crippen molar-refractivity contribution < 1.29 is 83.0 Å². The minimum absolute atomic E-state index is 0. The first-order valence-electron chi connectivity index (χ1n) is 18.5. The molecule has 0 aromatic carbocycles. The molecule has 3 radical (unpaired) electrons. The molecule has 51 heavy (non-hydrogen) atoms. The number of carboxylic acid groups (broad SMARTS) is 2. The molecule has 15 heteroatoms. The second-order valence-electron chi connectivity index (χ2n) is 13.7. The zero-order valence-electron chi connectivity index (χ0n) is 31.7. The number of hydrogen-bond acceptors (Lipinski definition) is 11. The topological polar surface area (TPSA) is 209 Å². The molecule has 4 aliphatic carbocycles. The van der Waals surface area contributed by atoms with Crippen molar-refractivity contribution in [3.63, 3.8) is 0 Å². The van der Waals surface area contributed by atoms with Gasteiger partial charge in [-0.25, -0.2) is 19.4 Å². The number of ketones is 1. The Balaban J connectivity index is 0. The average molecular weight is 734 g/mol. The second kappa shape index (κ2) is 32.6. The molecule has 0 aromatic heterocycles. The number of hydrogen-bond donors (Lipinski definition) is 4.